The molecule has 0 aromatic carbocycles. The van der Waals surface area contributed by atoms with Gasteiger partial charge in [0, 0.05) is 17.3 Å². The van der Waals surface area contributed by atoms with Crippen LogP contribution >= 0.6 is 0 Å². The van der Waals surface area contributed by atoms with E-state index in [1.54, 1.807) is 0 Å². The van der Waals surface area contributed by atoms with Gasteiger partial charge in [0.25, 0.3) is 0 Å². The van der Waals surface area contributed by atoms with Gasteiger partial charge in [0.1, 0.15) is 103 Å². The van der Waals surface area contributed by atoms with Crippen molar-refractivity contribution in [3.63, 3.8) is 0 Å². The highest BCUT2D eigenvalue weighted by Gasteiger charge is 2.71. The zero-order valence-corrected chi connectivity index (χ0v) is 46.0. The van der Waals surface area contributed by atoms with Crippen molar-refractivity contribution in [3.05, 3.63) is 11.6 Å². The zero-order valence-electron chi connectivity index (χ0n) is 46.0. The molecule has 0 aromatic rings. The molecule has 0 bridgehead atoms. The van der Waals surface area contributed by atoms with Crippen LogP contribution in [0.4, 0.5) is 0 Å². The Morgan fingerprint density at radius 2 is 1.12 bits per heavy atom. The minimum absolute atomic E-state index is 0.00290. The van der Waals surface area contributed by atoms with Crippen LogP contribution in [0.25, 0.3) is 0 Å². The minimum atomic E-state index is -1.94. The maximum atomic E-state index is 15.2. The van der Waals surface area contributed by atoms with Gasteiger partial charge in [0.2, 0.25) is 0 Å². The molecule has 29 atom stereocenters. The molecule has 4 heterocycles. The van der Waals surface area contributed by atoms with Crippen molar-refractivity contribution in [2.24, 2.45) is 45.3 Å². The van der Waals surface area contributed by atoms with Crippen molar-refractivity contribution in [3.8, 4) is 0 Å². The van der Waals surface area contributed by atoms with Crippen LogP contribution in [0.15, 0.2) is 11.6 Å². The number of Topliss-reactive ketones (excluding diaryl/α,β-unsaturated/α-hetero) is 1. The number of ether oxygens (including phenoxy) is 8. The topological polar surface area (TPSA) is 394 Å². The number of fused-ring (bicyclic) bond motifs is 5. The summed E-state index contributed by atoms with van der Waals surface area (Å²) in [5, 5.41) is 159. The van der Waals surface area contributed by atoms with Gasteiger partial charge >= 0.3 is 0 Å². The number of aliphatic hydroxyl groups is 15. The second kappa shape index (κ2) is 23.5. The Kier molecular flexibility index (Phi) is 18.8. The van der Waals surface area contributed by atoms with Crippen LogP contribution in [0.3, 0.4) is 0 Å². The Bertz CT molecular complexity index is 2070. The highest BCUT2D eigenvalue weighted by Crippen LogP contribution is 2.74. The Morgan fingerprint density at radius 1 is 0.615 bits per heavy atom. The maximum absolute atomic E-state index is 15.2. The van der Waals surface area contributed by atoms with Gasteiger partial charge in [-0.25, -0.2) is 0 Å². The predicted molar refractivity (Wildman–Crippen MR) is 267 cm³/mol. The van der Waals surface area contributed by atoms with E-state index in [9.17, 15) is 76.6 Å². The normalized spacial score (nSPS) is 50.5. The Balaban J connectivity index is 0.988. The number of aliphatic hydroxyl groups excluding tert-OH is 14. The number of allylic oxidation sites excluding steroid dienone is 1. The van der Waals surface area contributed by atoms with Crippen LogP contribution < -0.4 is 0 Å². The van der Waals surface area contributed by atoms with Gasteiger partial charge in [-0.15, -0.1) is 0 Å². The van der Waals surface area contributed by atoms with Crippen LogP contribution in [-0.4, -0.2) is 249 Å². The van der Waals surface area contributed by atoms with Gasteiger partial charge in [0.15, 0.2) is 25.2 Å². The van der Waals surface area contributed by atoms with Crippen molar-refractivity contribution >= 4 is 5.78 Å². The molecular formula is C54H90O24. The summed E-state index contributed by atoms with van der Waals surface area (Å²) in [6.45, 7) is 13.2. The van der Waals surface area contributed by atoms with Crippen LogP contribution in [0.1, 0.15) is 107 Å². The fraction of sp³-hybridized carbons (Fsp3) is 0.944. The van der Waals surface area contributed by atoms with Crippen molar-refractivity contribution < 1.29 is 119 Å². The Labute approximate surface area is 454 Å². The third-order valence-electron chi connectivity index (χ3n) is 20.5. The quantitative estimate of drug-likeness (QED) is 0.0645. The monoisotopic (exact) mass is 1120 g/mol. The molecule has 0 amide bonds. The molecule has 4 aliphatic carbocycles. The lowest BCUT2D eigenvalue weighted by Crippen LogP contribution is -2.65. The summed E-state index contributed by atoms with van der Waals surface area (Å²) in [4.78, 5) is 15.2. The molecule has 8 aliphatic rings. The van der Waals surface area contributed by atoms with Crippen LogP contribution in [0.5, 0.6) is 0 Å². The molecule has 3 saturated carbocycles. The summed E-state index contributed by atoms with van der Waals surface area (Å²) in [7, 11) is 0. The smallest absolute Gasteiger partial charge is 0.187 e. The average molecular weight is 1120 g/mol. The molecule has 0 spiro atoms. The zero-order chi connectivity index (χ0) is 57.5. The number of hydrogen-bond donors (Lipinski definition) is 15. The van der Waals surface area contributed by atoms with Gasteiger partial charge < -0.3 is 114 Å². The molecule has 0 aromatic heterocycles. The van der Waals surface area contributed by atoms with E-state index in [2.05, 4.69) is 47.6 Å². The lowest BCUT2D eigenvalue weighted by atomic mass is 9.38. The van der Waals surface area contributed by atoms with E-state index >= 15 is 4.79 Å². The molecule has 23 unspecified atom stereocenters. The summed E-state index contributed by atoms with van der Waals surface area (Å²) in [6, 6.07) is 0. The molecule has 0 radical (unpaired) electrons. The Morgan fingerprint density at radius 3 is 1.65 bits per heavy atom. The summed E-state index contributed by atoms with van der Waals surface area (Å²) >= 11 is 0. The van der Waals surface area contributed by atoms with Crippen LogP contribution in [0, 0.1) is 45.3 Å². The molecule has 15 N–H and O–H groups in total. The van der Waals surface area contributed by atoms with E-state index < -0.39 is 183 Å². The largest absolute Gasteiger partial charge is 0.394 e. The summed E-state index contributed by atoms with van der Waals surface area (Å²) in [5.74, 6) is 0.111. The highest BCUT2D eigenvalue weighted by atomic mass is 16.8. The van der Waals surface area contributed by atoms with Crippen LogP contribution in [-0.2, 0) is 42.7 Å². The second-order valence-corrected chi connectivity index (χ2v) is 25.7. The molecule has 78 heavy (non-hydrogen) atoms. The molecule has 4 saturated heterocycles. The second-order valence-electron chi connectivity index (χ2n) is 25.7. The highest BCUT2D eigenvalue weighted by molar-refractivity contribution is 5.88. The Hall–Kier alpha value is -1.51. The van der Waals surface area contributed by atoms with Gasteiger partial charge in [0.05, 0.1) is 44.2 Å². The minimum Gasteiger partial charge on any atom is -0.394 e. The van der Waals surface area contributed by atoms with Crippen molar-refractivity contribution in [1.29, 1.82) is 0 Å². The van der Waals surface area contributed by atoms with Crippen molar-refractivity contribution in [1.82, 2.24) is 0 Å². The number of ketones is 1. The fourth-order valence-electron chi connectivity index (χ4n) is 15.3. The predicted octanol–water partition coefficient (Wildman–Crippen LogP) is -3.02. The number of carbonyl (C=O) groups excluding carboxylic acids is 1. The molecular weight excluding hydrogens is 1030 g/mol. The van der Waals surface area contributed by atoms with E-state index in [1.165, 1.54) is 13.8 Å². The third kappa shape index (κ3) is 10.9. The van der Waals surface area contributed by atoms with Gasteiger partial charge in [-0.1, -0.05) is 53.2 Å². The van der Waals surface area contributed by atoms with Crippen LogP contribution in [0.2, 0.25) is 0 Å². The SMILES string of the molecule is C[C@H](CC[C@@H](OC1OC(COC2OC(CO)C(O)C(O)C2O)C(O)C(O)C1OC1OC(CO)C(O)C(O)C1O)C(C)(C)O)C1CC[C@@]2(C)C3CC=C4C(CC[C@H](OC5OC(CO)C(O)C(O)C5O)C4(C)C)[C@]3(C)C(=O)C[C@]12C. The van der Waals surface area contributed by atoms with Gasteiger partial charge in [-0.3, -0.25) is 4.79 Å². The van der Waals surface area contributed by atoms with E-state index in [0.29, 0.717) is 32.1 Å². The third-order valence-corrected chi connectivity index (χ3v) is 20.5. The summed E-state index contributed by atoms with van der Waals surface area (Å²) in [5.41, 5.74) is -2.54. The van der Waals surface area contributed by atoms with E-state index in [4.69, 9.17) is 37.9 Å². The van der Waals surface area contributed by atoms with Crippen molar-refractivity contribution in [2.75, 3.05) is 26.4 Å². The average Bonchev–Trinajstić information content (AvgIpc) is 3.21. The summed E-state index contributed by atoms with van der Waals surface area (Å²) in [6.07, 6.45) is -27.7. The van der Waals surface area contributed by atoms with E-state index in [1.807, 2.05) is 0 Å². The first-order valence-electron chi connectivity index (χ1n) is 27.9. The number of carbonyl (C=O) groups is 1. The molecule has 24 heteroatoms. The maximum Gasteiger partial charge on any atom is 0.187 e. The van der Waals surface area contributed by atoms with Gasteiger partial charge in [-0.05, 0) is 93.3 Å². The first kappa shape index (κ1) is 62.5. The molecule has 24 nitrogen and oxygen atoms in total. The van der Waals surface area contributed by atoms with E-state index in [-0.39, 0.29) is 41.3 Å². The number of hydrogen-bond acceptors (Lipinski definition) is 24. The molecule has 4 aliphatic heterocycles. The van der Waals surface area contributed by atoms with Crippen molar-refractivity contribution in [2.45, 2.75) is 247 Å². The molecule has 450 valence electrons. The molecule has 7 fully saturated rings. The summed E-state index contributed by atoms with van der Waals surface area (Å²) < 4.78 is 47.7. The van der Waals surface area contributed by atoms with Gasteiger partial charge in [-0.2, -0.15) is 0 Å². The molecule has 8 rings (SSSR count). The number of rotatable bonds is 17. The lowest BCUT2D eigenvalue weighted by Gasteiger charge is -2.65. The van der Waals surface area contributed by atoms with E-state index in [0.717, 1.165) is 18.4 Å². The standard InChI is InChI=1S/C54H90O24/c1-22(23-15-16-52(6)30-12-10-24-25(54(30,8)31(58)17-53(23,52)7)11-14-32(50(24,2)3)76-47-43(68)39(64)35(60)27(19-56)73-47)9-13-33(51(4,5)70)77-49-45(78-48-44(69)40(65)36(61)28(20-57)74-48)41(66)37(62)29(75-49)21-71-46-42(67)38(63)34(59)26(18-55)72-46/h10,22-23,25-30,32-49,55-57,59-70H,9,11-21H2,1-8H3/t22-,23?,25?,26?,27?,28?,29?,30?,32+,33-,34?,35?,36?,37?,38?,39?,40?,41?,42?,43?,44?,45?,46?,47?,48?,49?,52+,53-,54+/m1/s1. The first-order chi connectivity index (χ1) is 36.4. The first-order valence-corrected chi connectivity index (χ1v) is 27.9. The fourth-order valence-corrected chi connectivity index (χ4v) is 15.3. The lowest BCUT2D eigenvalue weighted by molar-refractivity contribution is -0.380.